The van der Waals surface area contributed by atoms with E-state index >= 15 is 0 Å². The molecule has 0 aliphatic carbocycles. The summed E-state index contributed by atoms with van der Waals surface area (Å²) in [6, 6.07) is 8.67. The molecule has 0 amide bonds. The second kappa shape index (κ2) is 8.36. The van der Waals surface area contributed by atoms with Crippen molar-refractivity contribution in [1.29, 1.82) is 0 Å². The van der Waals surface area contributed by atoms with Gasteiger partial charge < -0.3 is 39.9 Å². The summed E-state index contributed by atoms with van der Waals surface area (Å²) >= 11 is 0. The van der Waals surface area contributed by atoms with Gasteiger partial charge in [0, 0.05) is 23.3 Å². The highest BCUT2D eigenvalue weighted by Crippen LogP contribution is 2.23. The molecule has 3 aromatic rings. The number of hydrogen-bond acceptors (Lipinski definition) is 8. The second-order valence-corrected chi connectivity index (χ2v) is 6.32. The van der Waals surface area contributed by atoms with Gasteiger partial charge in [-0.3, -0.25) is 0 Å². The van der Waals surface area contributed by atoms with Crippen LogP contribution in [-0.2, 0) is 4.79 Å². The zero-order valence-electron chi connectivity index (χ0n) is 14.6. The van der Waals surface area contributed by atoms with Crippen LogP contribution in [0.4, 0.5) is 5.69 Å². The quantitative estimate of drug-likeness (QED) is 0.230. The van der Waals surface area contributed by atoms with Crippen LogP contribution in [0.3, 0.4) is 0 Å². The number of carbonyl (C=O) groups is 1. The van der Waals surface area contributed by atoms with Crippen molar-refractivity contribution in [2.24, 2.45) is 0 Å². The van der Waals surface area contributed by atoms with Gasteiger partial charge >= 0.3 is 5.63 Å². The zero-order chi connectivity index (χ0) is 20.3. The molecule has 2 aromatic heterocycles. The van der Waals surface area contributed by atoms with Crippen LogP contribution in [-0.4, -0.2) is 62.7 Å². The van der Waals surface area contributed by atoms with Crippen LogP contribution in [0.1, 0.15) is 0 Å². The van der Waals surface area contributed by atoms with Gasteiger partial charge in [0.2, 0.25) is 0 Å². The third-order valence-corrected chi connectivity index (χ3v) is 4.40. The largest absolute Gasteiger partial charge is 0.422 e. The summed E-state index contributed by atoms with van der Waals surface area (Å²) in [5, 5.41) is 41.5. The molecule has 2 heterocycles. The number of carbonyl (C=O) groups excluding carboxylic acids is 1. The average molecular weight is 388 g/mol. The Kier molecular flexibility index (Phi) is 5.90. The molecule has 4 atom stereocenters. The van der Waals surface area contributed by atoms with Gasteiger partial charge in [-0.25, -0.2) is 4.79 Å². The molecule has 0 aliphatic heterocycles. The molecule has 6 N–H and O–H groups in total. The Bertz CT molecular complexity index is 999. The molecule has 0 radical (unpaired) electrons. The van der Waals surface area contributed by atoms with E-state index in [1.807, 2.05) is 0 Å². The van der Waals surface area contributed by atoms with Gasteiger partial charge in [-0.15, -0.1) is 0 Å². The number of rotatable bonds is 8. The lowest BCUT2D eigenvalue weighted by Crippen LogP contribution is -2.49. The van der Waals surface area contributed by atoms with E-state index in [4.69, 9.17) is 9.52 Å². The molecular weight excluding hydrogens is 368 g/mol. The molecule has 0 aliphatic rings. The summed E-state index contributed by atoms with van der Waals surface area (Å²) in [7, 11) is 0. The molecule has 9 heteroatoms. The number of nitrogens with one attached hydrogen (secondary N) is 2. The van der Waals surface area contributed by atoms with Crippen molar-refractivity contribution < 1.29 is 29.6 Å². The highest BCUT2D eigenvalue weighted by Gasteiger charge is 2.31. The Morgan fingerprint density at radius 3 is 2.57 bits per heavy atom. The Morgan fingerprint density at radius 2 is 1.93 bits per heavy atom. The van der Waals surface area contributed by atoms with Crippen LogP contribution in [0, 0.1) is 0 Å². The number of anilines is 1. The second-order valence-electron chi connectivity index (χ2n) is 6.32. The van der Waals surface area contributed by atoms with E-state index in [9.17, 15) is 24.9 Å². The SMILES string of the molecule is O=C[C@H](Nc1ccc2cc(-c3ccc[nH]3)c(=O)oc2c1)[C@@H](O)[C@H](O)[C@H](O)CO. The molecule has 0 saturated heterocycles. The fourth-order valence-electron chi connectivity index (χ4n) is 2.83. The fraction of sp³-hybridized carbons (Fsp3) is 0.263. The number of aliphatic hydroxyl groups is 4. The van der Waals surface area contributed by atoms with E-state index in [-0.39, 0.29) is 5.58 Å². The lowest BCUT2D eigenvalue weighted by molar-refractivity contribution is -0.117. The maximum atomic E-state index is 12.2. The number of hydrogen-bond donors (Lipinski definition) is 6. The molecule has 0 saturated carbocycles. The van der Waals surface area contributed by atoms with E-state index < -0.39 is 36.6 Å². The van der Waals surface area contributed by atoms with Gasteiger partial charge in [0.05, 0.1) is 17.9 Å². The maximum Gasteiger partial charge on any atom is 0.345 e. The summed E-state index contributed by atoms with van der Waals surface area (Å²) < 4.78 is 5.35. The average Bonchev–Trinajstić information content (AvgIpc) is 3.24. The first-order chi connectivity index (χ1) is 13.4. The smallest absolute Gasteiger partial charge is 0.345 e. The normalized spacial score (nSPS) is 15.7. The van der Waals surface area contributed by atoms with Crippen LogP contribution in [0.15, 0.2) is 51.8 Å². The number of aldehydes is 1. The number of fused-ring (bicyclic) bond motifs is 1. The molecular formula is C19H20N2O7. The molecule has 0 bridgehead atoms. The van der Waals surface area contributed by atoms with Crippen LogP contribution in [0.2, 0.25) is 0 Å². The van der Waals surface area contributed by atoms with Crippen LogP contribution in [0.5, 0.6) is 0 Å². The lowest BCUT2D eigenvalue weighted by atomic mass is 10.0. The van der Waals surface area contributed by atoms with E-state index in [2.05, 4.69) is 10.3 Å². The first-order valence-electron chi connectivity index (χ1n) is 8.53. The van der Waals surface area contributed by atoms with Crippen molar-refractivity contribution in [1.82, 2.24) is 4.98 Å². The minimum absolute atomic E-state index is 0.264. The van der Waals surface area contributed by atoms with E-state index in [0.29, 0.717) is 28.6 Å². The summed E-state index contributed by atoms with van der Waals surface area (Å²) in [6.45, 7) is -0.770. The van der Waals surface area contributed by atoms with Gasteiger partial charge in [0.15, 0.2) is 0 Å². The predicted molar refractivity (Wildman–Crippen MR) is 101 cm³/mol. The molecule has 0 unspecified atom stereocenters. The number of H-pyrrole nitrogens is 1. The minimum atomic E-state index is -1.73. The monoisotopic (exact) mass is 388 g/mol. The van der Waals surface area contributed by atoms with Gasteiger partial charge in [-0.05, 0) is 30.3 Å². The highest BCUT2D eigenvalue weighted by atomic mass is 16.4. The maximum absolute atomic E-state index is 12.2. The number of benzene rings is 1. The Labute approximate surface area is 158 Å². The fourth-order valence-corrected chi connectivity index (χ4v) is 2.83. The Balaban J connectivity index is 1.86. The summed E-state index contributed by atoms with van der Waals surface area (Å²) in [5.41, 5.74) is 1.07. The third kappa shape index (κ3) is 3.97. The summed E-state index contributed by atoms with van der Waals surface area (Å²) in [6.07, 6.45) is -2.93. The molecule has 0 fully saturated rings. The molecule has 1 aromatic carbocycles. The van der Waals surface area contributed by atoms with Gasteiger partial charge in [0.1, 0.15) is 36.2 Å². The first-order valence-corrected chi connectivity index (χ1v) is 8.53. The van der Waals surface area contributed by atoms with Gasteiger partial charge in [-0.1, -0.05) is 0 Å². The molecule has 0 spiro atoms. The molecule has 9 nitrogen and oxygen atoms in total. The molecule has 3 rings (SSSR count). The van der Waals surface area contributed by atoms with Crippen molar-refractivity contribution in [3.8, 4) is 11.3 Å². The summed E-state index contributed by atoms with van der Waals surface area (Å²) in [5.74, 6) is 0. The number of aliphatic hydroxyl groups excluding tert-OH is 4. The van der Waals surface area contributed by atoms with Crippen LogP contribution < -0.4 is 10.9 Å². The first kappa shape index (κ1) is 19.8. The summed E-state index contributed by atoms with van der Waals surface area (Å²) in [4.78, 5) is 26.5. The van der Waals surface area contributed by atoms with E-state index in [0.717, 1.165) is 0 Å². The minimum Gasteiger partial charge on any atom is -0.422 e. The van der Waals surface area contributed by atoms with Crippen molar-refractivity contribution in [2.75, 3.05) is 11.9 Å². The standard InChI is InChI=1S/C19H20N2O7/c22-8-14(17(25)18(26)15(24)9-23)21-11-4-3-10-6-12(13-2-1-5-20-13)19(27)28-16(10)7-11/h1-8,14-15,17-18,20-21,23-26H,9H2/t14-,15+,17+,18+/m0/s1. The van der Waals surface area contributed by atoms with Crippen molar-refractivity contribution >= 4 is 22.9 Å². The van der Waals surface area contributed by atoms with Gasteiger partial charge in [0.25, 0.3) is 0 Å². The Morgan fingerprint density at radius 1 is 1.14 bits per heavy atom. The highest BCUT2D eigenvalue weighted by molar-refractivity contribution is 5.84. The van der Waals surface area contributed by atoms with E-state index in [1.165, 1.54) is 6.07 Å². The van der Waals surface area contributed by atoms with Crippen molar-refractivity contribution in [3.05, 3.63) is 53.0 Å². The topological polar surface area (TPSA) is 156 Å². The Hall–Kier alpha value is -2.98. The van der Waals surface area contributed by atoms with Crippen LogP contribution in [0.25, 0.3) is 22.2 Å². The zero-order valence-corrected chi connectivity index (χ0v) is 14.6. The van der Waals surface area contributed by atoms with Crippen molar-refractivity contribution in [2.45, 2.75) is 24.4 Å². The predicted octanol–water partition coefficient (Wildman–Crippen LogP) is -0.158. The number of aromatic nitrogens is 1. The van der Waals surface area contributed by atoms with E-state index in [1.54, 1.807) is 36.5 Å². The molecule has 28 heavy (non-hydrogen) atoms. The third-order valence-electron chi connectivity index (χ3n) is 4.40. The van der Waals surface area contributed by atoms with Crippen LogP contribution >= 0.6 is 0 Å². The molecule has 148 valence electrons. The van der Waals surface area contributed by atoms with Crippen molar-refractivity contribution in [3.63, 3.8) is 0 Å². The lowest BCUT2D eigenvalue weighted by Gasteiger charge is -2.26. The number of aromatic amines is 1. The van der Waals surface area contributed by atoms with Gasteiger partial charge in [-0.2, -0.15) is 0 Å².